The van der Waals surface area contributed by atoms with Crippen LogP contribution in [0, 0.1) is 0 Å². The van der Waals surface area contributed by atoms with Gasteiger partial charge in [-0.25, -0.2) is 0 Å². The minimum absolute atomic E-state index is 0.130. The normalized spacial score (nSPS) is 10.4. The highest BCUT2D eigenvalue weighted by Gasteiger charge is 2.17. The number of benzene rings is 2. The number of rotatable bonds is 11. The van der Waals surface area contributed by atoms with Gasteiger partial charge in [0.1, 0.15) is 12.4 Å². The van der Waals surface area contributed by atoms with Crippen LogP contribution in [0.15, 0.2) is 54.6 Å². The Morgan fingerprint density at radius 3 is 2.29 bits per heavy atom. The molecule has 0 aromatic heterocycles. The maximum absolute atomic E-state index is 12.8. The highest BCUT2D eigenvalue weighted by atomic mass is 16.5. The van der Waals surface area contributed by atoms with Gasteiger partial charge >= 0.3 is 5.97 Å². The molecule has 6 heteroatoms. The second-order valence-electron chi connectivity index (χ2n) is 6.26. The number of hydrogen-bond donors (Lipinski definition) is 0. The van der Waals surface area contributed by atoms with Gasteiger partial charge in [0.05, 0.1) is 13.5 Å². The lowest BCUT2D eigenvalue weighted by Crippen LogP contribution is -2.34. The van der Waals surface area contributed by atoms with Crippen LogP contribution in [0.1, 0.15) is 28.8 Å². The number of amides is 1. The molecular formula is C22H27NO5. The highest BCUT2D eigenvalue weighted by Crippen LogP contribution is 2.16. The minimum Gasteiger partial charge on any atom is -0.489 e. The average Bonchev–Trinajstić information content (AvgIpc) is 2.75. The van der Waals surface area contributed by atoms with Gasteiger partial charge in [0.2, 0.25) is 0 Å². The molecule has 0 heterocycles. The molecule has 0 fully saturated rings. The van der Waals surface area contributed by atoms with E-state index in [0.29, 0.717) is 44.0 Å². The summed E-state index contributed by atoms with van der Waals surface area (Å²) in [4.78, 5) is 25.9. The van der Waals surface area contributed by atoms with E-state index in [2.05, 4.69) is 4.74 Å². The van der Waals surface area contributed by atoms with Crippen LogP contribution in [-0.4, -0.2) is 50.7 Å². The molecule has 2 aromatic carbocycles. The van der Waals surface area contributed by atoms with Crippen LogP contribution < -0.4 is 4.74 Å². The number of carbonyl (C=O) groups is 2. The third-order valence-corrected chi connectivity index (χ3v) is 4.23. The monoisotopic (exact) mass is 385 g/mol. The van der Waals surface area contributed by atoms with Crippen LogP contribution in [0.5, 0.6) is 5.75 Å². The summed E-state index contributed by atoms with van der Waals surface area (Å²) < 4.78 is 15.5. The van der Waals surface area contributed by atoms with E-state index in [4.69, 9.17) is 9.47 Å². The van der Waals surface area contributed by atoms with Crippen molar-refractivity contribution in [2.45, 2.75) is 19.4 Å². The van der Waals surface area contributed by atoms with Gasteiger partial charge in [0.25, 0.3) is 5.91 Å². The highest BCUT2D eigenvalue weighted by molar-refractivity contribution is 5.94. The van der Waals surface area contributed by atoms with Gasteiger partial charge in [-0.1, -0.05) is 30.3 Å². The fraction of sp³-hybridized carbons (Fsp3) is 0.364. The number of hydrogen-bond acceptors (Lipinski definition) is 5. The first-order chi connectivity index (χ1) is 13.6. The van der Waals surface area contributed by atoms with Crippen molar-refractivity contribution in [3.05, 3.63) is 65.7 Å². The van der Waals surface area contributed by atoms with E-state index in [1.807, 2.05) is 30.3 Å². The Hall–Kier alpha value is -2.86. The van der Waals surface area contributed by atoms with Gasteiger partial charge in [-0.05, 0) is 36.2 Å². The fourth-order valence-corrected chi connectivity index (χ4v) is 2.66. The Balaban J connectivity index is 1.96. The Morgan fingerprint density at radius 2 is 1.64 bits per heavy atom. The molecule has 0 aliphatic carbocycles. The van der Waals surface area contributed by atoms with Gasteiger partial charge < -0.3 is 19.1 Å². The summed E-state index contributed by atoms with van der Waals surface area (Å²) in [5, 5.41) is 0. The van der Waals surface area contributed by atoms with Gasteiger partial charge in [-0.3, -0.25) is 9.59 Å². The summed E-state index contributed by atoms with van der Waals surface area (Å²) in [5.74, 6) is 0.227. The zero-order chi connectivity index (χ0) is 20.2. The van der Waals surface area contributed by atoms with E-state index >= 15 is 0 Å². The minimum atomic E-state index is -0.339. The van der Waals surface area contributed by atoms with E-state index in [1.165, 1.54) is 7.11 Å². The average molecular weight is 385 g/mol. The molecule has 0 radical (unpaired) electrons. The molecular weight excluding hydrogens is 358 g/mol. The molecule has 0 aliphatic rings. The number of ether oxygens (including phenoxy) is 3. The summed E-state index contributed by atoms with van der Waals surface area (Å²) in [6.07, 6.45) is 0.856. The van der Waals surface area contributed by atoms with Crippen molar-refractivity contribution in [2.75, 3.05) is 33.9 Å². The SMILES string of the molecule is COCCCN(CCC(=O)OC)C(=O)c1ccc(OCc2ccccc2)cc1. The molecule has 0 saturated carbocycles. The van der Waals surface area contributed by atoms with Crippen LogP contribution in [0.25, 0.3) is 0 Å². The summed E-state index contributed by atoms with van der Waals surface area (Å²) >= 11 is 0. The lowest BCUT2D eigenvalue weighted by Gasteiger charge is -2.22. The molecule has 6 nitrogen and oxygen atoms in total. The standard InChI is InChI=1S/C22H27NO5/c1-26-16-6-14-23(15-13-21(24)27-2)22(25)19-9-11-20(12-10-19)28-17-18-7-4-3-5-8-18/h3-5,7-12H,6,13-17H2,1-2H3. The largest absolute Gasteiger partial charge is 0.489 e. The second kappa shape index (κ2) is 11.8. The molecule has 0 spiro atoms. The zero-order valence-corrected chi connectivity index (χ0v) is 16.4. The topological polar surface area (TPSA) is 65.1 Å². The van der Waals surface area contributed by atoms with Crippen molar-refractivity contribution in [2.24, 2.45) is 0 Å². The van der Waals surface area contributed by atoms with Crippen molar-refractivity contribution >= 4 is 11.9 Å². The second-order valence-corrected chi connectivity index (χ2v) is 6.26. The van der Waals surface area contributed by atoms with Crippen molar-refractivity contribution in [1.82, 2.24) is 4.90 Å². The first-order valence-electron chi connectivity index (χ1n) is 9.26. The molecule has 2 rings (SSSR count). The Bertz CT molecular complexity index is 730. The van der Waals surface area contributed by atoms with Crippen LogP contribution >= 0.6 is 0 Å². The molecule has 0 aliphatic heterocycles. The lowest BCUT2D eigenvalue weighted by molar-refractivity contribution is -0.140. The van der Waals surface area contributed by atoms with E-state index in [0.717, 1.165) is 5.56 Å². The predicted octanol–water partition coefficient (Wildman–Crippen LogP) is 3.31. The van der Waals surface area contributed by atoms with Gasteiger partial charge in [-0.15, -0.1) is 0 Å². The first-order valence-corrected chi connectivity index (χ1v) is 9.26. The number of carbonyl (C=O) groups excluding carboxylic acids is 2. The third kappa shape index (κ3) is 7.04. The predicted molar refractivity (Wildman–Crippen MR) is 106 cm³/mol. The van der Waals surface area contributed by atoms with E-state index in [-0.39, 0.29) is 18.3 Å². The molecule has 0 N–H and O–H groups in total. The molecule has 2 aromatic rings. The molecule has 28 heavy (non-hydrogen) atoms. The molecule has 1 amide bonds. The van der Waals surface area contributed by atoms with Crippen LogP contribution in [0.2, 0.25) is 0 Å². The molecule has 0 saturated heterocycles. The number of nitrogens with zero attached hydrogens (tertiary/aromatic N) is 1. The summed E-state index contributed by atoms with van der Waals surface area (Å²) in [6.45, 7) is 1.84. The van der Waals surface area contributed by atoms with Gasteiger partial charge in [0.15, 0.2) is 0 Å². The van der Waals surface area contributed by atoms with Gasteiger partial charge in [-0.2, -0.15) is 0 Å². The molecule has 0 bridgehead atoms. The van der Waals surface area contributed by atoms with Crippen molar-refractivity contribution < 1.29 is 23.8 Å². The first kappa shape index (κ1) is 21.4. The van der Waals surface area contributed by atoms with Crippen LogP contribution in [0.3, 0.4) is 0 Å². The summed E-state index contributed by atoms with van der Waals surface area (Å²) in [7, 11) is 2.96. The van der Waals surface area contributed by atoms with Crippen molar-refractivity contribution in [3.63, 3.8) is 0 Å². The maximum atomic E-state index is 12.8. The number of methoxy groups -OCH3 is 2. The smallest absolute Gasteiger partial charge is 0.307 e. The third-order valence-electron chi connectivity index (χ3n) is 4.23. The Kier molecular flexibility index (Phi) is 9.01. The molecule has 150 valence electrons. The molecule has 0 atom stereocenters. The summed E-state index contributed by atoms with van der Waals surface area (Å²) in [6, 6.07) is 16.9. The zero-order valence-electron chi connectivity index (χ0n) is 16.4. The van der Waals surface area contributed by atoms with Gasteiger partial charge in [0, 0.05) is 32.4 Å². The maximum Gasteiger partial charge on any atom is 0.307 e. The van der Waals surface area contributed by atoms with Crippen molar-refractivity contribution in [3.8, 4) is 5.75 Å². The quantitative estimate of drug-likeness (QED) is 0.439. The Morgan fingerprint density at radius 1 is 0.929 bits per heavy atom. The Labute approximate surface area is 166 Å². The number of esters is 1. The summed E-state index contributed by atoms with van der Waals surface area (Å²) in [5.41, 5.74) is 1.63. The van der Waals surface area contributed by atoms with Crippen LogP contribution in [0.4, 0.5) is 0 Å². The van der Waals surface area contributed by atoms with Crippen molar-refractivity contribution in [1.29, 1.82) is 0 Å². The van der Waals surface area contributed by atoms with E-state index in [1.54, 1.807) is 36.3 Å². The fourth-order valence-electron chi connectivity index (χ4n) is 2.66. The molecule has 0 unspecified atom stereocenters. The van der Waals surface area contributed by atoms with E-state index < -0.39 is 0 Å². The lowest BCUT2D eigenvalue weighted by atomic mass is 10.1. The van der Waals surface area contributed by atoms with Crippen LogP contribution in [-0.2, 0) is 20.9 Å². The van der Waals surface area contributed by atoms with E-state index in [9.17, 15) is 9.59 Å².